The molecule has 2 N–H and O–H groups in total. The highest BCUT2D eigenvalue weighted by Crippen LogP contribution is 2.20. The van der Waals surface area contributed by atoms with E-state index in [1.54, 1.807) is 30.3 Å². The smallest absolute Gasteiger partial charge is 0.274 e. The average Bonchev–Trinajstić information content (AvgIpc) is 2.67. The van der Waals surface area contributed by atoms with Crippen LogP contribution in [-0.4, -0.2) is 17.5 Å². The van der Waals surface area contributed by atoms with E-state index in [0.717, 1.165) is 12.1 Å². The number of carbonyl (C=O) groups excluding carboxylic acids is 1. The molecule has 5 nitrogen and oxygen atoms in total. The van der Waals surface area contributed by atoms with E-state index in [1.807, 2.05) is 6.92 Å². The van der Waals surface area contributed by atoms with Crippen molar-refractivity contribution in [3.8, 4) is 5.75 Å². The number of amides is 1. The Morgan fingerprint density at radius 3 is 2.37 bits per heavy atom. The van der Waals surface area contributed by atoms with E-state index in [2.05, 4.69) is 15.6 Å². The van der Waals surface area contributed by atoms with Gasteiger partial charge in [0.2, 0.25) is 0 Å². The lowest BCUT2D eigenvalue weighted by atomic mass is 10.2. The second-order valence-corrected chi connectivity index (χ2v) is 5.60. The van der Waals surface area contributed by atoms with Gasteiger partial charge in [-0.1, -0.05) is 0 Å². The molecule has 0 aliphatic heterocycles. The fourth-order valence-corrected chi connectivity index (χ4v) is 2.37. The highest BCUT2D eigenvalue weighted by atomic mass is 19.2. The Balaban J connectivity index is 1.70. The van der Waals surface area contributed by atoms with Crippen LogP contribution >= 0.6 is 0 Å². The third-order valence-corrected chi connectivity index (χ3v) is 3.62. The quantitative estimate of drug-likeness (QED) is 0.658. The first-order chi connectivity index (χ1) is 13.0. The van der Waals surface area contributed by atoms with Crippen LogP contribution in [0.5, 0.6) is 5.75 Å². The van der Waals surface area contributed by atoms with E-state index in [1.165, 1.54) is 18.3 Å². The van der Waals surface area contributed by atoms with Crippen LogP contribution in [0.15, 0.2) is 60.8 Å². The first-order valence-corrected chi connectivity index (χ1v) is 8.27. The van der Waals surface area contributed by atoms with Crippen molar-refractivity contribution in [2.24, 2.45) is 0 Å². The molecule has 7 heteroatoms. The van der Waals surface area contributed by atoms with Crippen LogP contribution in [0, 0.1) is 11.6 Å². The van der Waals surface area contributed by atoms with Crippen molar-refractivity contribution in [2.45, 2.75) is 6.92 Å². The summed E-state index contributed by atoms with van der Waals surface area (Å²) in [5.74, 6) is -1.56. The molecule has 2 aromatic carbocycles. The van der Waals surface area contributed by atoms with Crippen LogP contribution in [0.1, 0.15) is 17.4 Å². The Kier molecular flexibility index (Phi) is 5.61. The van der Waals surface area contributed by atoms with E-state index in [0.29, 0.717) is 29.4 Å². The Morgan fingerprint density at radius 1 is 0.963 bits per heavy atom. The maximum Gasteiger partial charge on any atom is 0.274 e. The Morgan fingerprint density at radius 2 is 1.67 bits per heavy atom. The van der Waals surface area contributed by atoms with E-state index in [-0.39, 0.29) is 5.69 Å². The van der Waals surface area contributed by atoms with Gasteiger partial charge in [-0.15, -0.1) is 0 Å². The number of pyridine rings is 1. The number of carbonyl (C=O) groups is 1. The van der Waals surface area contributed by atoms with E-state index in [4.69, 9.17) is 4.74 Å². The molecule has 1 aromatic heterocycles. The lowest BCUT2D eigenvalue weighted by Gasteiger charge is -2.09. The van der Waals surface area contributed by atoms with Gasteiger partial charge in [-0.25, -0.2) is 8.78 Å². The second-order valence-electron chi connectivity index (χ2n) is 5.60. The molecule has 0 bridgehead atoms. The van der Waals surface area contributed by atoms with Crippen molar-refractivity contribution in [2.75, 3.05) is 17.2 Å². The Hall–Kier alpha value is -3.48. The maximum absolute atomic E-state index is 13.3. The predicted octanol–water partition coefficient (Wildman–Crippen LogP) is 4.75. The van der Waals surface area contributed by atoms with Gasteiger partial charge in [-0.3, -0.25) is 9.78 Å². The number of nitrogens with zero attached hydrogens (tertiary/aromatic N) is 1. The van der Waals surface area contributed by atoms with Crippen molar-refractivity contribution in [1.82, 2.24) is 4.98 Å². The van der Waals surface area contributed by atoms with Crippen LogP contribution in [0.4, 0.5) is 25.8 Å². The van der Waals surface area contributed by atoms with E-state index < -0.39 is 17.5 Å². The van der Waals surface area contributed by atoms with Crippen LogP contribution < -0.4 is 15.4 Å². The number of benzene rings is 2. The van der Waals surface area contributed by atoms with Crippen molar-refractivity contribution in [3.05, 3.63) is 78.1 Å². The second kappa shape index (κ2) is 8.27. The van der Waals surface area contributed by atoms with Crippen molar-refractivity contribution >= 4 is 23.0 Å². The zero-order valence-electron chi connectivity index (χ0n) is 14.5. The van der Waals surface area contributed by atoms with Gasteiger partial charge in [-0.2, -0.15) is 0 Å². The summed E-state index contributed by atoms with van der Waals surface area (Å²) in [4.78, 5) is 16.4. The maximum atomic E-state index is 13.3. The average molecular weight is 369 g/mol. The first kappa shape index (κ1) is 18.3. The minimum atomic E-state index is -0.956. The largest absolute Gasteiger partial charge is 0.494 e. The number of anilines is 3. The van der Waals surface area contributed by atoms with Gasteiger partial charge in [-0.05, 0) is 55.5 Å². The fraction of sp³-hybridized carbons (Fsp3) is 0.100. The lowest BCUT2D eigenvalue weighted by Crippen LogP contribution is -2.13. The van der Waals surface area contributed by atoms with Crippen LogP contribution in [0.2, 0.25) is 0 Å². The van der Waals surface area contributed by atoms with Gasteiger partial charge in [0.05, 0.1) is 6.61 Å². The van der Waals surface area contributed by atoms with Crippen molar-refractivity contribution < 1.29 is 18.3 Å². The first-order valence-electron chi connectivity index (χ1n) is 8.27. The summed E-state index contributed by atoms with van der Waals surface area (Å²) in [5.41, 5.74) is 1.66. The summed E-state index contributed by atoms with van der Waals surface area (Å²) in [6.45, 7) is 2.45. The third kappa shape index (κ3) is 4.78. The molecule has 0 aliphatic rings. The number of hydrogen-bond donors (Lipinski definition) is 2. The molecular weight excluding hydrogens is 352 g/mol. The summed E-state index contributed by atoms with van der Waals surface area (Å²) in [6, 6.07) is 13.6. The highest BCUT2D eigenvalue weighted by molar-refractivity contribution is 6.03. The molecule has 0 saturated carbocycles. The molecule has 3 rings (SSSR count). The van der Waals surface area contributed by atoms with E-state index in [9.17, 15) is 13.6 Å². The minimum absolute atomic E-state index is 0.177. The van der Waals surface area contributed by atoms with Gasteiger partial charge >= 0.3 is 0 Å². The van der Waals surface area contributed by atoms with Crippen LogP contribution in [0.25, 0.3) is 0 Å². The molecule has 0 saturated heterocycles. The predicted molar refractivity (Wildman–Crippen MR) is 99.4 cm³/mol. The molecule has 0 unspecified atom stereocenters. The van der Waals surface area contributed by atoms with Crippen molar-refractivity contribution in [3.63, 3.8) is 0 Å². The molecule has 0 fully saturated rings. The SMILES string of the molecule is CCOc1ccc(NC(=O)c2cc(Nc3ccc(F)c(F)c3)ccn2)cc1. The molecule has 0 radical (unpaired) electrons. The van der Waals surface area contributed by atoms with Crippen molar-refractivity contribution in [1.29, 1.82) is 0 Å². The number of aromatic nitrogens is 1. The number of hydrogen-bond acceptors (Lipinski definition) is 4. The molecule has 0 aliphatic carbocycles. The summed E-state index contributed by atoms with van der Waals surface area (Å²) in [7, 11) is 0. The summed E-state index contributed by atoms with van der Waals surface area (Å²) < 4.78 is 31.7. The Bertz CT molecular complexity index is 946. The summed E-state index contributed by atoms with van der Waals surface area (Å²) in [5, 5.41) is 5.65. The highest BCUT2D eigenvalue weighted by Gasteiger charge is 2.10. The molecule has 3 aromatic rings. The zero-order chi connectivity index (χ0) is 19.2. The van der Waals surface area contributed by atoms with Crippen LogP contribution in [0.3, 0.4) is 0 Å². The van der Waals surface area contributed by atoms with Gasteiger partial charge in [0.25, 0.3) is 5.91 Å². The molecule has 0 spiro atoms. The fourth-order valence-electron chi connectivity index (χ4n) is 2.37. The van der Waals surface area contributed by atoms with Gasteiger partial charge < -0.3 is 15.4 Å². The number of ether oxygens (including phenoxy) is 1. The molecule has 1 amide bonds. The van der Waals surface area contributed by atoms with E-state index >= 15 is 0 Å². The molecule has 0 atom stereocenters. The topological polar surface area (TPSA) is 63.2 Å². The minimum Gasteiger partial charge on any atom is -0.494 e. The lowest BCUT2D eigenvalue weighted by molar-refractivity contribution is 0.102. The van der Waals surface area contributed by atoms with Gasteiger partial charge in [0.1, 0.15) is 11.4 Å². The summed E-state index contributed by atoms with van der Waals surface area (Å²) in [6.07, 6.45) is 1.45. The van der Waals surface area contributed by atoms with Crippen LogP contribution in [-0.2, 0) is 0 Å². The monoisotopic (exact) mass is 369 g/mol. The van der Waals surface area contributed by atoms with Gasteiger partial charge in [0.15, 0.2) is 11.6 Å². The molecule has 138 valence electrons. The molecular formula is C20H17F2N3O2. The Labute approximate surface area is 155 Å². The molecule has 1 heterocycles. The molecule has 27 heavy (non-hydrogen) atoms. The number of nitrogens with one attached hydrogen (secondary N) is 2. The number of rotatable bonds is 6. The summed E-state index contributed by atoms with van der Waals surface area (Å²) >= 11 is 0. The standard InChI is InChI=1S/C20H17F2N3O2/c1-2-27-16-6-3-13(4-7-16)25-20(26)19-12-15(9-10-23-19)24-14-5-8-17(21)18(22)11-14/h3-12H,2H2,1H3,(H,23,24)(H,25,26). The zero-order valence-corrected chi connectivity index (χ0v) is 14.5. The third-order valence-electron chi connectivity index (χ3n) is 3.62. The number of halogens is 2. The normalized spacial score (nSPS) is 10.3. The van der Waals surface area contributed by atoms with Gasteiger partial charge in [0, 0.05) is 29.3 Å².